The van der Waals surface area contributed by atoms with E-state index in [1.807, 2.05) is 18.2 Å². The van der Waals surface area contributed by atoms with E-state index in [1.165, 1.54) is 11.1 Å². The average Bonchev–Trinajstić information content (AvgIpc) is 2.51. The first-order chi connectivity index (χ1) is 10.2. The summed E-state index contributed by atoms with van der Waals surface area (Å²) in [5.41, 5.74) is 3.80. The van der Waals surface area contributed by atoms with Crippen LogP contribution in [0.15, 0.2) is 48.5 Å². The number of hydrogen-bond donors (Lipinski definition) is 2. The summed E-state index contributed by atoms with van der Waals surface area (Å²) in [4.78, 5) is 3.91. The molecule has 1 saturated heterocycles. The first-order valence-electron chi connectivity index (χ1n) is 7.65. The molecule has 3 nitrogen and oxygen atoms in total. The van der Waals surface area contributed by atoms with Gasteiger partial charge in [0.15, 0.2) is 0 Å². The number of nitrogens with zero attached hydrogens (tertiary/aromatic N) is 1. The minimum Gasteiger partial charge on any atom is -0.506 e. The highest BCUT2D eigenvalue weighted by molar-refractivity contribution is 5.57. The molecule has 2 aromatic rings. The van der Waals surface area contributed by atoms with Crippen molar-refractivity contribution in [2.24, 2.45) is 0 Å². The molecule has 110 valence electrons. The van der Waals surface area contributed by atoms with Crippen LogP contribution in [-0.2, 0) is 6.54 Å². The van der Waals surface area contributed by atoms with Crippen LogP contribution in [0.4, 0.5) is 5.69 Å². The van der Waals surface area contributed by atoms with E-state index in [0.717, 1.165) is 38.4 Å². The monoisotopic (exact) mass is 283 g/mol. The zero-order chi connectivity index (χ0) is 14.7. The Morgan fingerprint density at radius 1 is 1.00 bits per heavy atom. The average molecular weight is 283 g/mol. The molecule has 1 aliphatic rings. The summed E-state index contributed by atoms with van der Waals surface area (Å²) < 4.78 is 0. The summed E-state index contributed by atoms with van der Waals surface area (Å²) in [5.74, 6) is 0.389. The van der Waals surface area contributed by atoms with Gasteiger partial charge in [-0.05, 0) is 24.6 Å². The third kappa shape index (κ3) is 3.19. The summed E-state index contributed by atoms with van der Waals surface area (Å²) in [7, 11) is 0. The molecule has 0 spiro atoms. The van der Waals surface area contributed by atoms with Gasteiger partial charge in [0, 0.05) is 5.56 Å². The zero-order valence-corrected chi connectivity index (χ0v) is 12.5. The number of phenolic OH excluding ortho intramolecular Hbond substituents is 1. The Labute approximate surface area is 126 Å². The SMILES string of the molecule is Cc1ccccc1C[NH+]1CCN(c2ccccc2O)CC1. The second kappa shape index (κ2) is 6.19. The van der Waals surface area contributed by atoms with Crippen LogP contribution in [0.1, 0.15) is 11.1 Å². The van der Waals surface area contributed by atoms with Crippen LogP contribution in [0.25, 0.3) is 0 Å². The standard InChI is InChI=1S/C18H22N2O/c1-15-6-2-3-7-16(15)14-19-10-12-20(13-11-19)17-8-4-5-9-18(17)21/h2-9,21H,10-14H2,1H3/p+1. The topological polar surface area (TPSA) is 27.9 Å². The van der Waals surface area contributed by atoms with Crippen molar-refractivity contribution in [3.05, 3.63) is 59.7 Å². The number of hydrogen-bond acceptors (Lipinski definition) is 2. The quantitative estimate of drug-likeness (QED) is 0.895. The van der Waals surface area contributed by atoms with E-state index in [-0.39, 0.29) is 0 Å². The largest absolute Gasteiger partial charge is 0.506 e. The zero-order valence-electron chi connectivity index (χ0n) is 12.5. The maximum atomic E-state index is 9.95. The fourth-order valence-electron chi connectivity index (χ4n) is 3.05. The minimum atomic E-state index is 0.389. The second-order valence-electron chi connectivity index (χ2n) is 5.83. The summed E-state index contributed by atoms with van der Waals surface area (Å²) >= 11 is 0. The molecule has 0 unspecified atom stereocenters. The van der Waals surface area contributed by atoms with Crippen molar-refractivity contribution in [3.63, 3.8) is 0 Å². The number of nitrogens with one attached hydrogen (secondary N) is 1. The van der Waals surface area contributed by atoms with Gasteiger partial charge in [-0.3, -0.25) is 0 Å². The van der Waals surface area contributed by atoms with E-state index in [4.69, 9.17) is 0 Å². The van der Waals surface area contributed by atoms with Gasteiger partial charge in [0.05, 0.1) is 31.9 Å². The molecule has 0 bridgehead atoms. The lowest BCUT2D eigenvalue weighted by molar-refractivity contribution is -0.914. The Bertz CT molecular complexity index is 604. The van der Waals surface area contributed by atoms with Crippen LogP contribution < -0.4 is 9.80 Å². The van der Waals surface area contributed by atoms with Crippen molar-refractivity contribution in [1.29, 1.82) is 0 Å². The first-order valence-corrected chi connectivity index (χ1v) is 7.65. The van der Waals surface area contributed by atoms with Crippen LogP contribution in [0.5, 0.6) is 5.75 Å². The van der Waals surface area contributed by atoms with Gasteiger partial charge in [-0.1, -0.05) is 36.4 Å². The van der Waals surface area contributed by atoms with Crippen LogP contribution in [0, 0.1) is 6.92 Å². The fourth-order valence-corrected chi connectivity index (χ4v) is 3.05. The highest BCUT2D eigenvalue weighted by atomic mass is 16.3. The van der Waals surface area contributed by atoms with Crippen LogP contribution >= 0.6 is 0 Å². The summed E-state index contributed by atoms with van der Waals surface area (Å²) in [6.07, 6.45) is 0. The number of aryl methyl sites for hydroxylation is 1. The molecule has 0 saturated carbocycles. The van der Waals surface area contributed by atoms with Crippen LogP contribution in [0.2, 0.25) is 0 Å². The molecule has 1 aliphatic heterocycles. The highest BCUT2D eigenvalue weighted by Crippen LogP contribution is 2.25. The molecule has 0 radical (unpaired) electrons. The van der Waals surface area contributed by atoms with Gasteiger partial charge in [-0.2, -0.15) is 0 Å². The number of benzene rings is 2. The number of phenols is 1. The van der Waals surface area contributed by atoms with Crippen molar-refractivity contribution < 1.29 is 10.0 Å². The molecular weight excluding hydrogens is 260 g/mol. The predicted octanol–water partition coefficient (Wildman–Crippen LogP) is 1.61. The molecular formula is C18H23N2O+. The van der Waals surface area contributed by atoms with Crippen LogP contribution in [0.3, 0.4) is 0 Å². The number of aromatic hydroxyl groups is 1. The highest BCUT2D eigenvalue weighted by Gasteiger charge is 2.22. The van der Waals surface area contributed by atoms with Gasteiger partial charge in [-0.25, -0.2) is 0 Å². The Kier molecular flexibility index (Phi) is 4.11. The number of piperazine rings is 1. The van der Waals surface area contributed by atoms with E-state index in [9.17, 15) is 5.11 Å². The molecule has 0 aliphatic carbocycles. The molecule has 0 amide bonds. The van der Waals surface area contributed by atoms with Crippen molar-refractivity contribution >= 4 is 5.69 Å². The lowest BCUT2D eigenvalue weighted by Crippen LogP contribution is -3.13. The van der Waals surface area contributed by atoms with Gasteiger partial charge < -0.3 is 14.9 Å². The molecule has 0 atom stereocenters. The van der Waals surface area contributed by atoms with Gasteiger partial charge in [0.2, 0.25) is 0 Å². The lowest BCUT2D eigenvalue weighted by atomic mass is 10.1. The molecule has 1 heterocycles. The van der Waals surface area contributed by atoms with Crippen molar-refractivity contribution in [1.82, 2.24) is 0 Å². The predicted molar refractivity (Wildman–Crippen MR) is 85.9 cm³/mol. The van der Waals surface area contributed by atoms with Crippen molar-refractivity contribution in [2.75, 3.05) is 31.1 Å². The minimum absolute atomic E-state index is 0.389. The first kappa shape index (κ1) is 14.0. The maximum Gasteiger partial charge on any atom is 0.138 e. The van der Waals surface area contributed by atoms with Crippen molar-refractivity contribution in [3.8, 4) is 5.75 Å². The maximum absolute atomic E-state index is 9.95. The fraction of sp³-hybridized carbons (Fsp3) is 0.333. The normalized spacial score (nSPS) is 16.1. The third-order valence-electron chi connectivity index (χ3n) is 4.39. The number of quaternary nitrogens is 1. The summed E-state index contributed by atoms with van der Waals surface area (Å²) in [6.45, 7) is 7.51. The Balaban J connectivity index is 1.61. The number of rotatable bonds is 3. The van der Waals surface area contributed by atoms with Gasteiger partial charge >= 0.3 is 0 Å². The smallest absolute Gasteiger partial charge is 0.138 e. The van der Waals surface area contributed by atoms with Gasteiger partial charge in [-0.15, -0.1) is 0 Å². The molecule has 0 aromatic heterocycles. The molecule has 2 aromatic carbocycles. The number of para-hydroxylation sites is 2. The third-order valence-corrected chi connectivity index (χ3v) is 4.39. The van der Waals surface area contributed by atoms with E-state index < -0.39 is 0 Å². The van der Waals surface area contributed by atoms with Crippen molar-refractivity contribution in [2.45, 2.75) is 13.5 Å². The van der Waals surface area contributed by atoms with E-state index in [2.05, 4.69) is 36.1 Å². The van der Waals surface area contributed by atoms with E-state index in [1.54, 1.807) is 11.0 Å². The van der Waals surface area contributed by atoms with E-state index in [0.29, 0.717) is 5.75 Å². The Morgan fingerprint density at radius 2 is 1.67 bits per heavy atom. The van der Waals surface area contributed by atoms with Gasteiger partial charge in [0.25, 0.3) is 0 Å². The Hall–Kier alpha value is -2.00. The Morgan fingerprint density at radius 3 is 2.38 bits per heavy atom. The van der Waals surface area contributed by atoms with Gasteiger partial charge in [0.1, 0.15) is 12.3 Å². The second-order valence-corrected chi connectivity index (χ2v) is 5.83. The lowest BCUT2D eigenvalue weighted by Gasteiger charge is -2.34. The molecule has 21 heavy (non-hydrogen) atoms. The number of anilines is 1. The molecule has 2 N–H and O–H groups in total. The van der Waals surface area contributed by atoms with Crippen LogP contribution in [-0.4, -0.2) is 31.3 Å². The molecule has 1 fully saturated rings. The summed E-state index contributed by atoms with van der Waals surface area (Å²) in [5, 5.41) is 9.95. The summed E-state index contributed by atoms with van der Waals surface area (Å²) in [6, 6.07) is 16.3. The van der Waals surface area contributed by atoms with E-state index >= 15 is 0 Å². The molecule has 3 rings (SSSR count). The molecule has 3 heteroatoms.